The smallest absolute Gasteiger partial charge is 0.328 e. The summed E-state index contributed by atoms with van der Waals surface area (Å²) in [5, 5.41) is 12.8. The van der Waals surface area contributed by atoms with Gasteiger partial charge in [0.05, 0.1) is 18.2 Å². The lowest BCUT2D eigenvalue weighted by molar-refractivity contribution is -0.145. The number of anilines is 1. The Bertz CT molecular complexity index is 474. The Labute approximate surface area is 134 Å². The fourth-order valence-corrected chi connectivity index (χ4v) is 2.81. The van der Waals surface area contributed by atoms with Crippen LogP contribution in [-0.2, 0) is 25.5 Å². The highest BCUT2D eigenvalue weighted by molar-refractivity contribution is 7.16. The Balaban J connectivity index is 2.63. The van der Waals surface area contributed by atoms with Crippen LogP contribution in [0.25, 0.3) is 0 Å². The molecule has 1 atom stereocenters. The fourth-order valence-electron chi connectivity index (χ4n) is 1.86. The molecule has 0 aromatic carbocycles. The van der Waals surface area contributed by atoms with Crippen LogP contribution in [0.15, 0.2) is 12.1 Å². The Morgan fingerprint density at radius 3 is 2.64 bits per heavy atom. The zero-order valence-corrected chi connectivity index (χ0v) is 13.8. The first kappa shape index (κ1) is 18.4. The van der Waals surface area contributed by atoms with Crippen LogP contribution in [0.3, 0.4) is 0 Å². The quantitative estimate of drug-likeness (QED) is 0.639. The van der Waals surface area contributed by atoms with Crippen molar-refractivity contribution in [3.8, 4) is 0 Å². The summed E-state index contributed by atoms with van der Waals surface area (Å²) in [6.07, 6.45) is 1.04. The summed E-state index contributed by atoms with van der Waals surface area (Å²) < 4.78 is 9.91. The summed E-state index contributed by atoms with van der Waals surface area (Å²) in [5.74, 6) is -0.713. The highest BCUT2D eigenvalue weighted by atomic mass is 32.1. The maximum absolute atomic E-state index is 12.0. The van der Waals surface area contributed by atoms with Crippen LogP contribution in [0.1, 0.15) is 31.6 Å². The monoisotopic (exact) mass is 329 g/mol. The number of aliphatic hydroxyl groups excluding tert-OH is 1. The van der Waals surface area contributed by atoms with Gasteiger partial charge in [-0.2, -0.15) is 0 Å². The number of ether oxygens (including phenoxy) is 2. The summed E-state index contributed by atoms with van der Waals surface area (Å²) in [5.41, 5.74) is 0. The lowest BCUT2D eigenvalue weighted by atomic mass is 10.1. The number of carbonyl (C=O) groups is 2. The van der Waals surface area contributed by atoms with Gasteiger partial charge in [0.25, 0.3) is 0 Å². The van der Waals surface area contributed by atoms with Crippen LogP contribution < -0.4 is 5.32 Å². The first-order chi connectivity index (χ1) is 10.6. The molecule has 1 rings (SSSR count). The lowest BCUT2D eigenvalue weighted by Crippen LogP contribution is -2.32. The van der Waals surface area contributed by atoms with Crippen molar-refractivity contribution < 1.29 is 24.2 Å². The second kappa shape index (κ2) is 10.2. The van der Waals surface area contributed by atoms with E-state index in [-0.39, 0.29) is 31.6 Å². The SMILES string of the molecule is CCOC(=O)CC[C@H](Nc1ccc(CCO)s1)C(=O)OCC. The van der Waals surface area contributed by atoms with Crippen LogP contribution in [0, 0.1) is 0 Å². The topological polar surface area (TPSA) is 84.9 Å². The number of nitrogens with one attached hydrogen (secondary N) is 1. The molecule has 1 aromatic heterocycles. The van der Waals surface area contributed by atoms with E-state index in [1.165, 1.54) is 11.3 Å². The van der Waals surface area contributed by atoms with E-state index >= 15 is 0 Å². The largest absolute Gasteiger partial charge is 0.466 e. The van der Waals surface area contributed by atoms with E-state index in [0.717, 1.165) is 9.88 Å². The van der Waals surface area contributed by atoms with E-state index < -0.39 is 6.04 Å². The number of hydrogen-bond donors (Lipinski definition) is 2. The van der Waals surface area contributed by atoms with Gasteiger partial charge in [-0.3, -0.25) is 4.79 Å². The molecule has 0 unspecified atom stereocenters. The zero-order valence-electron chi connectivity index (χ0n) is 13.0. The van der Waals surface area contributed by atoms with Crippen LogP contribution in [-0.4, -0.2) is 42.9 Å². The van der Waals surface area contributed by atoms with Gasteiger partial charge in [0.2, 0.25) is 0 Å². The Morgan fingerprint density at radius 1 is 1.27 bits per heavy atom. The van der Waals surface area contributed by atoms with Gasteiger partial charge in [0.1, 0.15) is 6.04 Å². The van der Waals surface area contributed by atoms with Crippen LogP contribution >= 0.6 is 11.3 Å². The van der Waals surface area contributed by atoms with E-state index in [1.54, 1.807) is 13.8 Å². The lowest BCUT2D eigenvalue weighted by Gasteiger charge is -2.16. The summed E-state index contributed by atoms with van der Waals surface area (Å²) in [7, 11) is 0. The normalized spacial score (nSPS) is 11.8. The van der Waals surface area contributed by atoms with Crippen molar-refractivity contribution in [2.24, 2.45) is 0 Å². The van der Waals surface area contributed by atoms with Crippen LogP contribution in [0.4, 0.5) is 5.00 Å². The molecule has 124 valence electrons. The predicted octanol–water partition coefficient (Wildman–Crippen LogP) is 1.97. The van der Waals surface area contributed by atoms with Gasteiger partial charge >= 0.3 is 11.9 Å². The van der Waals surface area contributed by atoms with Gasteiger partial charge in [0, 0.05) is 24.3 Å². The molecule has 0 saturated heterocycles. The Hall–Kier alpha value is -1.60. The van der Waals surface area contributed by atoms with Gasteiger partial charge in [-0.15, -0.1) is 11.3 Å². The van der Waals surface area contributed by atoms with Gasteiger partial charge in [-0.05, 0) is 32.4 Å². The second-order valence-electron chi connectivity index (χ2n) is 4.53. The number of hydrogen-bond acceptors (Lipinski definition) is 7. The number of carbonyl (C=O) groups excluding carboxylic acids is 2. The Kier molecular flexibility index (Phi) is 8.54. The third-order valence-electron chi connectivity index (χ3n) is 2.85. The molecule has 0 fully saturated rings. The first-order valence-electron chi connectivity index (χ1n) is 7.39. The molecule has 1 heterocycles. The van der Waals surface area contributed by atoms with Crippen molar-refractivity contribution in [2.75, 3.05) is 25.1 Å². The molecular formula is C15H23NO5S. The Morgan fingerprint density at radius 2 is 2.00 bits per heavy atom. The van der Waals surface area contributed by atoms with Crippen LogP contribution in [0.5, 0.6) is 0 Å². The minimum Gasteiger partial charge on any atom is -0.466 e. The van der Waals surface area contributed by atoms with Crippen LogP contribution in [0.2, 0.25) is 0 Å². The molecule has 1 aromatic rings. The standard InChI is InChI=1S/C15H23NO5S/c1-3-20-14(18)8-6-12(15(19)21-4-2)16-13-7-5-11(22-13)9-10-17/h5,7,12,16-17H,3-4,6,8-10H2,1-2H3/t12-/m0/s1. The van der Waals surface area contributed by atoms with Gasteiger partial charge < -0.3 is 19.9 Å². The molecule has 0 saturated carbocycles. The summed E-state index contributed by atoms with van der Waals surface area (Å²) in [6.45, 7) is 4.19. The molecule has 0 radical (unpaired) electrons. The van der Waals surface area contributed by atoms with E-state index in [9.17, 15) is 9.59 Å². The molecule has 0 aliphatic rings. The molecule has 2 N–H and O–H groups in total. The third kappa shape index (κ3) is 6.44. The minimum atomic E-state index is -0.593. The number of rotatable bonds is 10. The molecule has 0 aliphatic carbocycles. The van der Waals surface area contributed by atoms with Crippen molar-refractivity contribution in [3.63, 3.8) is 0 Å². The molecule has 0 amide bonds. The molecule has 0 bridgehead atoms. The molecule has 7 heteroatoms. The highest BCUT2D eigenvalue weighted by Crippen LogP contribution is 2.24. The molecule has 6 nitrogen and oxygen atoms in total. The first-order valence-corrected chi connectivity index (χ1v) is 8.20. The van der Waals surface area contributed by atoms with E-state index in [4.69, 9.17) is 14.6 Å². The van der Waals surface area contributed by atoms with Crippen molar-refractivity contribution in [2.45, 2.75) is 39.2 Å². The maximum atomic E-state index is 12.0. The fraction of sp³-hybridized carbons (Fsp3) is 0.600. The maximum Gasteiger partial charge on any atom is 0.328 e. The number of aliphatic hydroxyl groups is 1. The summed E-state index contributed by atoms with van der Waals surface area (Å²) in [6, 6.07) is 3.16. The third-order valence-corrected chi connectivity index (χ3v) is 3.93. The van der Waals surface area contributed by atoms with Crippen molar-refractivity contribution in [1.29, 1.82) is 0 Å². The van der Waals surface area contributed by atoms with Gasteiger partial charge in [-0.1, -0.05) is 0 Å². The number of esters is 2. The average molecular weight is 329 g/mol. The summed E-state index contributed by atoms with van der Waals surface area (Å²) >= 11 is 1.47. The zero-order chi connectivity index (χ0) is 16.4. The average Bonchev–Trinajstić information content (AvgIpc) is 2.91. The van der Waals surface area contributed by atoms with Crippen molar-refractivity contribution >= 4 is 28.3 Å². The molecular weight excluding hydrogens is 306 g/mol. The highest BCUT2D eigenvalue weighted by Gasteiger charge is 2.21. The van der Waals surface area contributed by atoms with Gasteiger partial charge in [-0.25, -0.2) is 4.79 Å². The second-order valence-corrected chi connectivity index (χ2v) is 5.70. The van der Waals surface area contributed by atoms with E-state index in [2.05, 4.69) is 5.32 Å². The van der Waals surface area contributed by atoms with Gasteiger partial charge in [0.15, 0.2) is 0 Å². The van der Waals surface area contributed by atoms with Crippen molar-refractivity contribution in [1.82, 2.24) is 0 Å². The molecule has 0 aliphatic heterocycles. The summed E-state index contributed by atoms with van der Waals surface area (Å²) in [4.78, 5) is 24.4. The van der Waals surface area contributed by atoms with E-state index in [1.807, 2.05) is 12.1 Å². The number of thiophene rings is 1. The van der Waals surface area contributed by atoms with Crippen molar-refractivity contribution in [3.05, 3.63) is 17.0 Å². The molecule has 0 spiro atoms. The minimum absolute atomic E-state index is 0.0874. The molecule has 22 heavy (non-hydrogen) atoms. The van der Waals surface area contributed by atoms with E-state index in [0.29, 0.717) is 19.4 Å². The predicted molar refractivity (Wildman–Crippen MR) is 85.0 cm³/mol.